The van der Waals surface area contributed by atoms with Gasteiger partial charge in [0.25, 0.3) is 0 Å². The minimum atomic E-state index is 0.721. The average Bonchev–Trinajstić information content (AvgIpc) is 2.40. The molecule has 0 aromatic heterocycles. The van der Waals surface area contributed by atoms with Gasteiger partial charge in [-0.05, 0) is 86.2 Å². The third-order valence-electron chi connectivity index (χ3n) is 6.94. The van der Waals surface area contributed by atoms with Crippen molar-refractivity contribution in [3.8, 4) is 0 Å². The smallest absolute Gasteiger partial charge is 0.00978 e. The first-order valence-electron chi connectivity index (χ1n) is 9.76. The van der Waals surface area contributed by atoms with Gasteiger partial charge in [-0.1, -0.05) is 45.8 Å². The summed E-state index contributed by atoms with van der Waals surface area (Å²) in [5, 5.41) is 0. The molecule has 2 aliphatic rings. The highest BCUT2D eigenvalue weighted by Gasteiger charge is 2.47. The monoisotopic (exact) mass is 322 g/mol. The van der Waals surface area contributed by atoms with Gasteiger partial charge in [-0.25, -0.2) is 0 Å². The maximum absolute atomic E-state index is 4.44. The molecule has 2 unspecified atom stereocenters. The van der Waals surface area contributed by atoms with E-state index in [1.54, 1.807) is 0 Å². The Bertz CT molecular complexity index is 349. The molecule has 0 spiro atoms. The van der Waals surface area contributed by atoms with Gasteiger partial charge < -0.3 is 0 Å². The number of hydrogen-bond donors (Lipinski definition) is 1. The van der Waals surface area contributed by atoms with Crippen molar-refractivity contribution >= 4 is 12.6 Å². The van der Waals surface area contributed by atoms with Gasteiger partial charge in [-0.3, -0.25) is 0 Å². The van der Waals surface area contributed by atoms with E-state index < -0.39 is 0 Å². The first-order chi connectivity index (χ1) is 10.5. The molecule has 2 saturated carbocycles. The molecule has 2 rings (SSSR count). The summed E-state index contributed by atoms with van der Waals surface area (Å²) >= 11 is 4.44. The van der Waals surface area contributed by atoms with Gasteiger partial charge >= 0.3 is 0 Å². The van der Waals surface area contributed by atoms with E-state index in [1.165, 1.54) is 69.8 Å². The maximum Gasteiger partial charge on any atom is -0.00978 e. The highest BCUT2D eigenvalue weighted by atomic mass is 32.1. The van der Waals surface area contributed by atoms with Crippen LogP contribution in [-0.2, 0) is 0 Å². The molecule has 0 heterocycles. The second-order valence-corrected chi connectivity index (χ2v) is 9.18. The first kappa shape index (κ1) is 18.4. The minimum Gasteiger partial charge on any atom is -0.179 e. The summed E-state index contributed by atoms with van der Waals surface area (Å²) in [4.78, 5) is 0. The lowest BCUT2D eigenvalue weighted by atomic mass is 9.51. The summed E-state index contributed by atoms with van der Waals surface area (Å²) in [6.07, 6.45) is 13.9. The van der Waals surface area contributed by atoms with Crippen molar-refractivity contribution in [3.63, 3.8) is 0 Å². The molecule has 0 radical (unpaired) electrons. The molecule has 0 aromatic carbocycles. The molecule has 0 amide bonds. The number of rotatable bonds is 10. The van der Waals surface area contributed by atoms with Crippen LogP contribution in [0.25, 0.3) is 0 Å². The van der Waals surface area contributed by atoms with Crippen molar-refractivity contribution in [2.45, 2.75) is 85.0 Å². The third kappa shape index (κ3) is 4.56. The molecule has 2 fully saturated rings. The quantitative estimate of drug-likeness (QED) is 0.328. The molecule has 0 aliphatic heterocycles. The van der Waals surface area contributed by atoms with Gasteiger partial charge in [0, 0.05) is 0 Å². The van der Waals surface area contributed by atoms with E-state index in [9.17, 15) is 0 Å². The van der Waals surface area contributed by atoms with Crippen molar-refractivity contribution in [2.75, 3.05) is 5.75 Å². The predicted octanol–water partition coefficient (Wildman–Crippen LogP) is 6.91. The van der Waals surface area contributed by atoms with Crippen molar-refractivity contribution in [1.82, 2.24) is 0 Å². The van der Waals surface area contributed by atoms with Crippen LogP contribution in [0.5, 0.6) is 0 Å². The Hall–Kier alpha value is 0.0900. The van der Waals surface area contributed by atoms with Crippen molar-refractivity contribution in [2.24, 2.45) is 29.1 Å². The minimum absolute atomic E-state index is 0.721. The Balaban J connectivity index is 1.81. The summed E-state index contributed by atoms with van der Waals surface area (Å²) in [5.74, 6) is 4.76. The summed E-state index contributed by atoms with van der Waals surface area (Å²) in [5.41, 5.74) is 2.23. The van der Waals surface area contributed by atoms with E-state index in [2.05, 4.69) is 40.0 Å². The Morgan fingerprint density at radius 2 is 1.95 bits per heavy atom. The van der Waals surface area contributed by atoms with Crippen LogP contribution in [0.2, 0.25) is 0 Å². The Kier molecular flexibility index (Phi) is 6.92. The molecular formula is C21H38S. The Labute approximate surface area is 144 Å². The SMILES string of the molecule is C=C(CC(C)CC)CC(CCCS)C1CC(C2(C)CCC2)C1. The Morgan fingerprint density at radius 3 is 2.45 bits per heavy atom. The molecule has 0 N–H and O–H groups in total. The zero-order chi connectivity index (χ0) is 16.2. The van der Waals surface area contributed by atoms with Crippen LogP contribution in [0.4, 0.5) is 0 Å². The van der Waals surface area contributed by atoms with Gasteiger partial charge in [-0.2, -0.15) is 12.6 Å². The lowest BCUT2D eigenvalue weighted by molar-refractivity contribution is -0.0333. The highest BCUT2D eigenvalue weighted by molar-refractivity contribution is 7.80. The normalized spacial score (nSPS) is 29.3. The summed E-state index contributed by atoms with van der Waals surface area (Å²) in [7, 11) is 0. The zero-order valence-electron chi connectivity index (χ0n) is 15.2. The van der Waals surface area contributed by atoms with Crippen LogP contribution >= 0.6 is 12.6 Å². The van der Waals surface area contributed by atoms with Crippen molar-refractivity contribution in [3.05, 3.63) is 12.2 Å². The Morgan fingerprint density at radius 1 is 1.27 bits per heavy atom. The number of thiol groups is 1. The van der Waals surface area contributed by atoms with Crippen LogP contribution in [0, 0.1) is 29.1 Å². The van der Waals surface area contributed by atoms with E-state index in [0.717, 1.165) is 34.8 Å². The van der Waals surface area contributed by atoms with Gasteiger partial charge in [0.05, 0.1) is 0 Å². The average molecular weight is 323 g/mol. The fourth-order valence-corrected chi connectivity index (χ4v) is 4.89. The molecule has 22 heavy (non-hydrogen) atoms. The first-order valence-corrected chi connectivity index (χ1v) is 10.4. The standard InChI is InChI=1S/C21H38S/c1-5-16(2)12-17(3)13-18(8-6-11-22)19-14-20(15-19)21(4)9-7-10-21/h16,18-20,22H,3,5-15H2,1-2,4H3. The van der Waals surface area contributed by atoms with Gasteiger partial charge in [0.2, 0.25) is 0 Å². The molecule has 2 aliphatic carbocycles. The lowest BCUT2D eigenvalue weighted by Crippen LogP contribution is -2.44. The molecule has 0 aromatic rings. The highest BCUT2D eigenvalue weighted by Crippen LogP contribution is 2.58. The fraction of sp³-hybridized carbons (Fsp3) is 0.905. The molecule has 0 saturated heterocycles. The number of hydrogen-bond acceptors (Lipinski definition) is 1. The maximum atomic E-state index is 4.44. The molecule has 2 atom stereocenters. The van der Waals surface area contributed by atoms with E-state index in [0.29, 0.717) is 0 Å². The van der Waals surface area contributed by atoms with Crippen molar-refractivity contribution in [1.29, 1.82) is 0 Å². The third-order valence-corrected chi connectivity index (χ3v) is 7.26. The topological polar surface area (TPSA) is 0 Å². The summed E-state index contributed by atoms with van der Waals surface area (Å²) in [6.45, 7) is 11.6. The summed E-state index contributed by atoms with van der Waals surface area (Å²) < 4.78 is 0. The lowest BCUT2D eigenvalue weighted by Gasteiger charge is -2.54. The van der Waals surface area contributed by atoms with Gasteiger partial charge in [0.15, 0.2) is 0 Å². The van der Waals surface area contributed by atoms with E-state index in [-0.39, 0.29) is 0 Å². The predicted molar refractivity (Wildman–Crippen MR) is 103 cm³/mol. The van der Waals surface area contributed by atoms with Crippen LogP contribution in [0.3, 0.4) is 0 Å². The van der Waals surface area contributed by atoms with E-state index in [4.69, 9.17) is 0 Å². The number of allylic oxidation sites excluding steroid dienone is 1. The van der Waals surface area contributed by atoms with Crippen LogP contribution in [0.15, 0.2) is 12.2 Å². The second kappa shape index (κ2) is 8.27. The van der Waals surface area contributed by atoms with Crippen LogP contribution in [-0.4, -0.2) is 5.75 Å². The largest absolute Gasteiger partial charge is 0.179 e. The van der Waals surface area contributed by atoms with Gasteiger partial charge in [0.1, 0.15) is 0 Å². The molecule has 128 valence electrons. The summed E-state index contributed by atoms with van der Waals surface area (Å²) in [6, 6.07) is 0. The molecule has 1 heteroatoms. The molecule has 0 bridgehead atoms. The zero-order valence-corrected chi connectivity index (χ0v) is 16.1. The van der Waals surface area contributed by atoms with Crippen molar-refractivity contribution < 1.29 is 0 Å². The van der Waals surface area contributed by atoms with Gasteiger partial charge in [-0.15, -0.1) is 0 Å². The fourth-order valence-electron chi connectivity index (χ4n) is 4.71. The van der Waals surface area contributed by atoms with Crippen LogP contribution in [0.1, 0.15) is 85.0 Å². The van der Waals surface area contributed by atoms with E-state index in [1.807, 2.05) is 0 Å². The molecule has 0 nitrogen and oxygen atoms in total. The van der Waals surface area contributed by atoms with E-state index >= 15 is 0 Å². The molecular weight excluding hydrogens is 284 g/mol. The second-order valence-electron chi connectivity index (χ2n) is 8.73. The van der Waals surface area contributed by atoms with Crippen LogP contribution < -0.4 is 0 Å².